The number of halogens is 1. The predicted octanol–water partition coefficient (Wildman–Crippen LogP) is 1.48. The molecule has 0 aliphatic heterocycles. The standard InChI is InChI=1S/C9H7BrN2O2/c10-8-6(3-11)1-5(9(13)14)2-7(8)4-12/h1-2H,3,11H2,(H,13,14). The van der Waals surface area contributed by atoms with Crippen LogP contribution in [0.1, 0.15) is 21.5 Å². The van der Waals surface area contributed by atoms with Crippen molar-refractivity contribution in [1.29, 1.82) is 5.26 Å². The molecule has 72 valence electrons. The van der Waals surface area contributed by atoms with E-state index in [1.165, 1.54) is 12.1 Å². The summed E-state index contributed by atoms with van der Waals surface area (Å²) in [4.78, 5) is 10.7. The molecule has 1 aromatic rings. The van der Waals surface area contributed by atoms with Gasteiger partial charge in [0.2, 0.25) is 0 Å². The molecule has 14 heavy (non-hydrogen) atoms. The number of nitriles is 1. The molecule has 0 amide bonds. The second kappa shape index (κ2) is 4.22. The molecule has 1 rings (SSSR count). The van der Waals surface area contributed by atoms with Gasteiger partial charge in [0, 0.05) is 11.0 Å². The van der Waals surface area contributed by atoms with Crippen molar-refractivity contribution in [3.63, 3.8) is 0 Å². The lowest BCUT2D eigenvalue weighted by Crippen LogP contribution is -2.04. The maximum absolute atomic E-state index is 10.7. The first-order chi connectivity index (χ1) is 6.60. The summed E-state index contributed by atoms with van der Waals surface area (Å²) < 4.78 is 0.563. The Morgan fingerprint density at radius 2 is 2.29 bits per heavy atom. The summed E-state index contributed by atoms with van der Waals surface area (Å²) in [7, 11) is 0. The van der Waals surface area contributed by atoms with Gasteiger partial charge in [-0.2, -0.15) is 5.26 Å². The Bertz CT molecular complexity index is 424. The third-order valence-corrected chi connectivity index (χ3v) is 2.67. The molecule has 0 saturated heterocycles. The minimum atomic E-state index is -1.07. The van der Waals surface area contributed by atoms with Crippen molar-refractivity contribution in [3.05, 3.63) is 33.3 Å². The van der Waals surface area contributed by atoms with Crippen LogP contribution in [0, 0.1) is 11.3 Å². The van der Waals surface area contributed by atoms with Crippen LogP contribution in [-0.2, 0) is 6.54 Å². The summed E-state index contributed by atoms with van der Waals surface area (Å²) in [5.74, 6) is -1.07. The average Bonchev–Trinajstić information content (AvgIpc) is 2.17. The van der Waals surface area contributed by atoms with Crippen molar-refractivity contribution in [2.45, 2.75) is 6.54 Å². The topological polar surface area (TPSA) is 87.1 Å². The van der Waals surface area contributed by atoms with Crippen LogP contribution < -0.4 is 5.73 Å². The van der Waals surface area contributed by atoms with Gasteiger partial charge >= 0.3 is 5.97 Å². The lowest BCUT2D eigenvalue weighted by atomic mass is 10.1. The average molecular weight is 255 g/mol. The van der Waals surface area contributed by atoms with Gasteiger partial charge in [0.1, 0.15) is 6.07 Å². The van der Waals surface area contributed by atoms with Crippen molar-refractivity contribution in [3.8, 4) is 6.07 Å². The molecule has 0 unspecified atom stereocenters. The molecule has 0 heterocycles. The van der Waals surface area contributed by atoms with Crippen LogP contribution in [0.3, 0.4) is 0 Å². The molecular weight excluding hydrogens is 248 g/mol. The maximum Gasteiger partial charge on any atom is 0.335 e. The summed E-state index contributed by atoms with van der Waals surface area (Å²) >= 11 is 3.19. The number of carboxylic acid groups (broad SMARTS) is 1. The fraction of sp³-hybridized carbons (Fsp3) is 0.111. The first-order valence-corrected chi connectivity index (χ1v) is 4.55. The van der Waals surface area contributed by atoms with Gasteiger partial charge in [0.25, 0.3) is 0 Å². The SMILES string of the molecule is N#Cc1cc(C(=O)O)cc(CN)c1Br. The molecule has 0 spiro atoms. The van der Waals surface area contributed by atoms with E-state index >= 15 is 0 Å². The Hall–Kier alpha value is -1.38. The van der Waals surface area contributed by atoms with E-state index in [4.69, 9.17) is 16.1 Å². The highest BCUT2D eigenvalue weighted by molar-refractivity contribution is 9.10. The second-order valence-corrected chi connectivity index (χ2v) is 3.41. The Morgan fingerprint density at radius 1 is 1.64 bits per heavy atom. The van der Waals surface area contributed by atoms with Gasteiger partial charge in [-0.3, -0.25) is 0 Å². The lowest BCUT2D eigenvalue weighted by molar-refractivity contribution is 0.0696. The van der Waals surface area contributed by atoms with E-state index in [1.54, 1.807) is 0 Å². The highest BCUT2D eigenvalue weighted by Gasteiger charge is 2.11. The zero-order valence-corrected chi connectivity index (χ0v) is 8.71. The number of aromatic carboxylic acids is 1. The van der Waals surface area contributed by atoms with Gasteiger partial charge < -0.3 is 10.8 Å². The van der Waals surface area contributed by atoms with Crippen LogP contribution in [0.4, 0.5) is 0 Å². The summed E-state index contributed by atoms with van der Waals surface area (Å²) in [5.41, 5.74) is 6.38. The van der Waals surface area contributed by atoms with Gasteiger partial charge in [-0.05, 0) is 33.6 Å². The summed E-state index contributed by atoms with van der Waals surface area (Å²) in [6, 6.07) is 4.66. The molecular formula is C9H7BrN2O2. The van der Waals surface area contributed by atoms with Gasteiger partial charge in [-0.25, -0.2) is 4.79 Å². The molecule has 3 N–H and O–H groups in total. The van der Waals surface area contributed by atoms with Gasteiger partial charge in [-0.15, -0.1) is 0 Å². The minimum absolute atomic E-state index is 0.0743. The Kier molecular flexibility index (Phi) is 3.23. The smallest absolute Gasteiger partial charge is 0.335 e. The molecule has 0 fully saturated rings. The van der Waals surface area contributed by atoms with Gasteiger partial charge in [0.05, 0.1) is 11.1 Å². The fourth-order valence-electron chi connectivity index (χ4n) is 1.04. The second-order valence-electron chi connectivity index (χ2n) is 2.62. The highest BCUT2D eigenvalue weighted by Crippen LogP contribution is 2.23. The van der Waals surface area contributed by atoms with E-state index < -0.39 is 5.97 Å². The molecule has 1 aromatic carbocycles. The Labute approximate surface area is 89.1 Å². The third kappa shape index (κ3) is 1.92. The van der Waals surface area contributed by atoms with Crippen LogP contribution in [0.25, 0.3) is 0 Å². The van der Waals surface area contributed by atoms with E-state index in [-0.39, 0.29) is 17.7 Å². The maximum atomic E-state index is 10.7. The zero-order valence-electron chi connectivity index (χ0n) is 7.12. The third-order valence-electron chi connectivity index (χ3n) is 1.74. The Balaban J connectivity index is 3.41. The van der Waals surface area contributed by atoms with E-state index in [0.717, 1.165) is 0 Å². The van der Waals surface area contributed by atoms with Crippen molar-refractivity contribution in [1.82, 2.24) is 0 Å². The number of nitrogens with two attached hydrogens (primary N) is 1. The van der Waals surface area contributed by atoms with Crippen molar-refractivity contribution in [2.75, 3.05) is 0 Å². The monoisotopic (exact) mass is 254 g/mol. The highest BCUT2D eigenvalue weighted by atomic mass is 79.9. The van der Waals surface area contributed by atoms with Crippen molar-refractivity contribution >= 4 is 21.9 Å². The van der Waals surface area contributed by atoms with Crippen LogP contribution in [0.5, 0.6) is 0 Å². The van der Waals surface area contributed by atoms with E-state index in [9.17, 15) is 4.79 Å². The Morgan fingerprint density at radius 3 is 2.71 bits per heavy atom. The number of nitrogens with zero attached hydrogens (tertiary/aromatic N) is 1. The molecule has 0 saturated carbocycles. The molecule has 0 aromatic heterocycles. The quantitative estimate of drug-likeness (QED) is 0.837. The number of benzene rings is 1. The van der Waals surface area contributed by atoms with Crippen LogP contribution >= 0.6 is 15.9 Å². The number of hydrogen-bond donors (Lipinski definition) is 2. The van der Waals surface area contributed by atoms with Crippen LogP contribution in [0.2, 0.25) is 0 Å². The first kappa shape index (κ1) is 10.7. The van der Waals surface area contributed by atoms with Crippen molar-refractivity contribution < 1.29 is 9.90 Å². The molecule has 0 bridgehead atoms. The largest absolute Gasteiger partial charge is 0.478 e. The van der Waals surface area contributed by atoms with Gasteiger partial charge in [0.15, 0.2) is 0 Å². The zero-order chi connectivity index (χ0) is 10.7. The fourth-order valence-corrected chi connectivity index (χ4v) is 1.52. The first-order valence-electron chi connectivity index (χ1n) is 3.76. The van der Waals surface area contributed by atoms with Gasteiger partial charge in [-0.1, -0.05) is 0 Å². The van der Waals surface area contributed by atoms with E-state index in [2.05, 4.69) is 15.9 Å². The molecule has 5 heteroatoms. The molecule has 0 radical (unpaired) electrons. The minimum Gasteiger partial charge on any atom is -0.478 e. The summed E-state index contributed by atoms with van der Waals surface area (Å²) in [6.07, 6.45) is 0. The van der Waals surface area contributed by atoms with E-state index in [0.29, 0.717) is 10.0 Å². The van der Waals surface area contributed by atoms with E-state index in [1.807, 2.05) is 6.07 Å². The van der Waals surface area contributed by atoms with Crippen LogP contribution in [-0.4, -0.2) is 11.1 Å². The van der Waals surface area contributed by atoms with Crippen molar-refractivity contribution in [2.24, 2.45) is 5.73 Å². The normalized spacial score (nSPS) is 9.50. The number of rotatable bonds is 2. The molecule has 4 nitrogen and oxygen atoms in total. The molecule has 0 atom stereocenters. The predicted molar refractivity (Wildman–Crippen MR) is 53.7 cm³/mol. The molecule has 0 aliphatic carbocycles. The molecule has 0 aliphatic rings. The number of carbonyl (C=O) groups is 1. The van der Waals surface area contributed by atoms with Crippen LogP contribution in [0.15, 0.2) is 16.6 Å². The lowest BCUT2D eigenvalue weighted by Gasteiger charge is -2.04. The summed E-state index contributed by atoms with van der Waals surface area (Å²) in [5, 5.41) is 17.5. The summed E-state index contributed by atoms with van der Waals surface area (Å²) in [6.45, 7) is 0.191. The number of carboxylic acids is 1. The number of hydrogen-bond acceptors (Lipinski definition) is 3.